The van der Waals surface area contributed by atoms with Crippen molar-refractivity contribution in [3.8, 4) is 0 Å². The molecule has 448 valence electrons. The Kier molecular flexibility index (Phi) is 63.2. The smallest absolute Gasteiger partial charge is 0.306 e. The normalized spacial score (nSPS) is 12.4. The van der Waals surface area contributed by atoms with E-state index in [9.17, 15) is 14.4 Å². The van der Waals surface area contributed by atoms with Crippen molar-refractivity contribution >= 4 is 17.9 Å². The Labute approximate surface area is 479 Å². The van der Waals surface area contributed by atoms with Crippen molar-refractivity contribution < 1.29 is 28.6 Å². The number of esters is 3. The van der Waals surface area contributed by atoms with Gasteiger partial charge in [0, 0.05) is 19.3 Å². The van der Waals surface area contributed by atoms with E-state index >= 15 is 0 Å². The van der Waals surface area contributed by atoms with Crippen LogP contribution in [0.1, 0.15) is 355 Å². The zero-order valence-corrected chi connectivity index (χ0v) is 51.5. The number of unbranched alkanes of at least 4 members (excludes halogenated alkanes) is 41. The van der Waals surface area contributed by atoms with E-state index in [1.807, 2.05) is 0 Å². The van der Waals surface area contributed by atoms with Gasteiger partial charge in [-0.3, -0.25) is 14.4 Å². The van der Waals surface area contributed by atoms with Gasteiger partial charge in [0.1, 0.15) is 13.2 Å². The van der Waals surface area contributed by atoms with Crippen LogP contribution in [0.15, 0.2) is 60.8 Å². The Hall–Kier alpha value is -2.89. The molecular weight excluding hydrogens is 949 g/mol. The van der Waals surface area contributed by atoms with Crippen molar-refractivity contribution in [3.05, 3.63) is 60.8 Å². The quantitative estimate of drug-likeness (QED) is 0.0261. The average molecular weight is 1080 g/mol. The lowest BCUT2D eigenvalue weighted by Gasteiger charge is -2.18. The third kappa shape index (κ3) is 63.8. The summed E-state index contributed by atoms with van der Waals surface area (Å²) in [5.74, 6) is -0.895. The van der Waals surface area contributed by atoms with Gasteiger partial charge in [-0.2, -0.15) is 0 Å². The molecule has 0 saturated carbocycles. The average Bonchev–Trinajstić information content (AvgIpc) is 3.43. The van der Waals surface area contributed by atoms with Gasteiger partial charge in [-0.25, -0.2) is 0 Å². The molecule has 1 atom stereocenters. The second kappa shape index (κ2) is 65.6. The van der Waals surface area contributed by atoms with Crippen molar-refractivity contribution in [3.63, 3.8) is 0 Å². The predicted octanol–water partition coefficient (Wildman–Crippen LogP) is 23.1. The highest BCUT2D eigenvalue weighted by Crippen LogP contribution is 2.18. The molecule has 6 heteroatoms. The van der Waals surface area contributed by atoms with Gasteiger partial charge in [0.15, 0.2) is 6.10 Å². The van der Waals surface area contributed by atoms with E-state index in [1.54, 1.807) is 0 Å². The van der Waals surface area contributed by atoms with Crippen LogP contribution in [-0.2, 0) is 28.6 Å². The van der Waals surface area contributed by atoms with Crippen molar-refractivity contribution in [1.82, 2.24) is 0 Å². The maximum atomic E-state index is 12.8. The van der Waals surface area contributed by atoms with E-state index in [-0.39, 0.29) is 31.1 Å². The molecule has 0 aromatic rings. The largest absolute Gasteiger partial charge is 0.462 e. The van der Waals surface area contributed by atoms with Crippen molar-refractivity contribution in [2.24, 2.45) is 0 Å². The molecule has 0 fully saturated rings. The lowest BCUT2D eigenvalue weighted by atomic mass is 10.0. The summed E-state index contributed by atoms with van der Waals surface area (Å²) in [4.78, 5) is 38.1. The maximum absolute atomic E-state index is 12.8. The molecule has 0 aromatic heterocycles. The van der Waals surface area contributed by atoms with Crippen LogP contribution in [0.4, 0.5) is 0 Å². The van der Waals surface area contributed by atoms with E-state index in [4.69, 9.17) is 14.2 Å². The molecule has 0 aromatic carbocycles. The third-order valence-corrected chi connectivity index (χ3v) is 15.0. The van der Waals surface area contributed by atoms with Crippen LogP contribution >= 0.6 is 0 Å². The highest BCUT2D eigenvalue weighted by molar-refractivity contribution is 5.71. The second-order valence-electron chi connectivity index (χ2n) is 22.7. The van der Waals surface area contributed by atoms with Crippen molar-refractivity contribution in [1.29, 1.82) is 0 Å². The molecule has 0 amide bonds. The van der Waals surface area contributed by atoms with E-state index < -0.39 is 6.10 Å². The van der Waals surface area contributed by atoms with Gasteiger partial charge in [-0.1, -0.05) is 313 Å². The number of carbonyl (C=O) groups is 3. The first kappa shape index (κ1) is 74.1. The summed E-state index contributed by atoms with van der Waals surface area (Å²) in [6, 6.07) is 0. The number of hydrogen-bond donors (Lipinski definition) is 0. The van der Waals surface area contributed by atoms with Crippen LogP contribution in [-0.4, -0.2) is 37.2 Å². The number of ether oxygens (including phenoxy) is 3. The van der Waals surface area contributed by atoms with E-state index in [2.05, 4.69) is 81.5 Å². The molecular formula is C71H128O6. The molecule has 0 bridgehead atoms. The Morgan fingerprint density at radius 1 is 0.273 bits per heavy atom. The highest BCUT2D eigenvalue weighted by Gasteiger charge is 2.19. The number of carbonyl (C=O) groups excluding carboxylic acids is 3. The topological polar surface area (TPSA) is 78.9 Å². The summed E-state index contributed by atoms with van der Waals surface area (Å²) in [6.07, 6.45) is 84.2. The van der Waals surface area contributed by atoms with Crippen LogP contribution in [0.5, 0.6) is 0 Å². The lowest BCUT2D eigenvalue weighted by molar-refractivity contribution is -0.167. The monoisotopic (exact) mass is 1080 g/mol. The summed E-state index contributed by atoms with van der Waals surface area (Å²) in [5, 5.41) is 0. The number of rotatable bonds is 62. The minimum absolute atomic E-state index is 0.0813. The third-order valence-electron chi connectivity index (χ3n) is 15.0. The summed E-state index contributed by atoms with van der Waals surface area (Å²) < 4.78 is 16.9. The van der Waals surface area contributed by atoms with Crippen LogP contribution in [0.25, 0.3) is 0 Å². The molecule has 0 aliphatic heterocycles. The zero-order valence-electron chi connectivity index (χ0n) is 51.5. The van der Waals surface area contributed by atoms with Gasteiger partial charge in [0.25, 0.3) is 0 Å². The molecule has 6 nitrogen and oxygen atoms in total. The Morgan fingerprint density at radius 3 is 0.805 bits per heavy atom. The summed E-state index contributed by atoms with van der Waals surface area (Å²) >= 11 is 0. The van der Waals surface area contributed by atoms with Gasteiger partial charge >= 0.3 is 17.9 Å². The van der Waals surface area contributed by atoms with Crippen LogP contribution in [0.3, 0.4) is 0 Å². The van der Waals surface area contributed by atoms with Crippen LogP contribution in [0, 0.1) is 0 Å². The Morgan fingerprint density at radius 2 is 0.506 bits per heavy atom. The van der Waals surface area contributed by atoms with Crippen LogP contribution < -0.4 is 0 Å². The maximum Gasteiger partial charge on any atom is 0.306 e. The molecule has 0 heterocycles. The van der Waals surface area contributed by atoms with E-state index in [0.717, 1.165) is 89.9 Å². The molecule has 0 aliphatic carbocycles. The molecule has 0 spiro atoms. The Bertz CT molecular complexity index is 1380. The molecule has 0 N–H and O–H groups in total. The summed E-state index contributed by atoms with van der Waals surface area (Å²) in [7, 11) is 0. The lowest BCUT2D eigenvalue weighted by Crippen LogP contribution is -2.30. The Balaban J connectivity index is 4.00. The minimum atomic E-state index is -0.785. The summed E-state index contributed by atoms with van der Waals surface area (Å²) in [6.45, 7) is 6.52. The molecule has 1 unspecified atom stereocenters. The van der Waals surface area contributed by atoms with Crippen molar-refractivity contribution in [2.75, 3.05) is 13.2 Å². The fourth-order valence-electron chi connectivity index (χ4n) is 9.96. The van der Waals surface area contributed by atoms with E-state index in [0.29, 0.717) is 19.3 Å². The first-order chi connectivity index (χ1) is 38.0. The molecule has 0 rings (SSSR count). The minimum Gasteiger partial charge on any atom is -0.462 e. The number of allylic oxidation sites excluding steroid dienone is 10. The van der Waals surface area contributed by atoms with E-state index in [1.165, 1.54) is 225 Å². The van der Waals surface area contributed by atoms with Crippen LogP contribution in [0.2, 0.25) is 0 Å². The first-order valence-electron chi connectivity index (χ1n) is 33.8. The van der Waals surface area contributed by atoms with Gasteiger partial charge < -0.3 is 14.2 Å². The molecule has 0 saturated heterocycles. The summed E-state index contributed by atoms with van der Waals surface area (Å²) in [5.41, 5.74) is 0. The zero-order chi connectivity index (χ0) is 55.7. The molecule has 77 heavy (non-hydrogen) atoms. The fraction of sp³-hybridized carbons (Fsp3) is 0.817. The fourth-order valence-corrected chi connectivity index (χ4v) is 9.96. The van der Waals surface area contributed by atoms with Gasteiger partial charge in [0.05, 0.1) is 0 Å². The van der Waals surface area contributed by atoms with Crippen molar-refractivity contribution in [2.45, 2.75) is 361 Å². The second-order valence-corrected chi connectivity index (χ2v) is 22.7. The number of hydrogen-bond acceptors (Lipinski definition) is 6. The highest BCUT2D eigenvalue weighted by atomic mass is 16.6. The molecule has 0 aliphatic rings. The van der Waals surface area contributed by atoms with Gasteiger partial charge in [0.2, 0.25) is 0 Å². The predicted molar refractivity (Wildman–Crippen MR) is 335 cm³/mol. The first-order valence-corrected chi connectivity index (χ1v) is 33.8. The molecule has 0 radical (unpaired) electrons. The van der Waals surface area contributed by atoms with Gasteiger partial charge in [-0.15, -0.1) is 0 Å². The van der Waals surface area contributed by atoms with Gasteiger partial charge in [-0.05, 0) is 83.5 Å². The SMILES string of the molecule is CC/C=C\C/C=C\C/C=C\CCCCCC(=O)OC(COC(=O)CCCCCCCCCCCCC)COC(=O)CCCCCCCCCCCCCCCCCCCCCCCCC/C=C\C/C=C\CCCCCCC. The standard InChI is InChI=1S/C71H128O6/c1-4-7-10-13-16-19-22-24-25-26-27-28-29-30-31-32-33-34-35-36-37-38-39-40-41-42-43-44-45-47-49-52-55-58-61-64-70(73)76-67-68(66-75-69(72)63-60-57-54-51-48-21-18-15-12-9-6-3)77-71(74)65-62-59-56-53-50-46-23-20-17-14-11-8-5-2/h8,11,17,20,22,24,26-27,46,50,68H,4-7,9-10,12-16,18-19,21,23,25,28-45,47-49,51-67H2,1-3H3/b11-8-,20-17-,24-22-,27-26-,50-46-.